The zero-order valence-corrected chi connectivity index (χ0v) is 38.3. The van der Waals surface area contributed by atoms with Crippen LogP contribution in [0.25, 0.3) is 0 Å². The van der Waals surface area contributed by atoms with E-state index in [0.29, 0.717) is 52.1 Å². The number of rotatable bonds is 2. The number of fused-ring (bicyclic) bond motifs is 7. The highest BCUT2D eigenvalue weighted by Gasteiger charge is 2.71. The Bertz CT molecular complexity index is 1850. The van der Waals surface area contributed by atoms with Crippen molar-refractivity contribution in [3.05, 3.63) is 68.9 Å². The molecule has 4 heteroatoms. The zero-order valence-electron chi connectivity index (χ0n) is 37.5. The van der Waals surface area contributed by atoms with Gasteiger partial charge < -0.3 is 9.80 Å². The van der Waals surface area contributed by atoms with E-state index in [2.05, 4.69) is 107 Å². The lowest BCUT2D eigenvalue weighted by molar-refractivity contribution is 0.0127. The molecule has 57 heavy (non-hydrogen) atoms. The van der Waals surface area contributed by atoms with Crippen molar-refractivity contribution in [2.75, 3.05) is 0 Å². The lowest BCUT2D eigenvalue weighted by Crippen LogP contribution is -2.62. The fourth-order valence-electron chi connectivity index (χ4n) is 16.6. The second kappa shape index (κ2) is 13.5. The third kappa shape index (κ3) is 5.61. The van der Waals surface area contributed by atoms with Gasteiger partial charge in [0.05, 0.1) is 5.70 Å². The van der Waals surface area contributed by atoms with E-state index in [-0.39, 0.29) is 5.54 Å². The van der Waals surface area contributed by atoms with Crippen molar-refractivity contribution in [3.8, 4) is 0 Å². The van der Waals surface area contributed by atoms with Gasteiger partial charge in [-0.05, 0) is 160 Å². The highest BCUT2D eigenvalue weighted by Crippen LogP contribution is 2.72. The molecular weight excluding hydrogens is 707 g/mol. The van der Waals surface area contributed by atoms with Gasteiger partial charge in [0.2, 0.25) is 6.71 Å². The molecule has 3 saturated carbocycles. The Labute approximate surface area is 353 Å². The number of nitrogens with zero attached hydrogens (tertiary/aromatic N) is 2. The smallest absolute Gasteiger partial charge is 0.216 e. The van der Waals surface area contributed by atoms with Crippen molar-refractivity contribution in [2.24, 2.45) is 51.8 Å². The average Bonchev–Trinajstić information content (AvgIpc) is 3.66. The minimum Gasteiger partial charge on any atom is -0.364 e. The number of allylic oxidation sites excluding steroid dienone is 7. The molecule has 2 nitrogen and oxygen atoms in total. The van der Waals surface area contributed by atoms with Gasteiger partial charge in [0, 0.05) is 39.2 Å². The fourth-order valence-corrected chi connectivity index (χ4v) is 18.3. The van der Waals surface area contributed by atoms with Crippen LogP contribution in [0.15, 0.2) is 68.9 Å². The molecule has 1 spiro atoms. The number of hydrogen-bond acceptors (Lipinski definition) is 3. The minimum absolute atomic E-state index is 0.177. The van der Waals surface area contributed by atoms with Crippen LogP contribution < -0.4 is 0 Å². The first-order valence-corrected chi connectivity index (χ1v) is 25.7. The molecular formula is C53H77BN2S. The van der Waals surface area contributed by atoms with E-state index >= 15 is 0 Å². The van der Waals surface area contributed by atoms with Crippen LogP contribution in [-0.2, 0) is 0 Å². The Balaban J connectivity index is 1.16. The summed E-state index contributed by atoms with van der Waals surface area (Å²) in [6.07, 6.45) is 40.3. The molecule has 4 heterocycles. The van der Waals surface area contributed by atoms with Crippen LogP contribution in [0.3, 0.4) is 0 Å². The van der Waals surface area contributed by atoms with Gasteiger partial charge in [0.1, 0.15) is 0 Å². The van der Waals surface area contributed by atoms with Gasteiger partial charge in [-0.15, -0.1) is 11.8 Å². The van der Waals surface area contributed by atoms with E-state index < -0.39 is 0 Å². The van der Waals surface area contributed by atoms with Gasteiger partial charge in [-0.2, -0.15) is 0 Å². The first-order chi connectivity index (χ1) is 27.3. The van der Waals surface area contributed by atoms with E-state index in [4.69, 9.17) is 0 Å². The van der Waals surface area contributed by atoms with Crippen molar-refractivity contribution in [2.45, 2.75) is 206 Å². The van der Waals surface area contributed by atoms with Crippen molar-refractivity contribution < 1.29 is 0 Å². The average molecular weight is 785 g/mol. The molecule has 0 amide bonds. The topological polar surface area (TPSA) is 6.48 Å². The second-order valence-electron chi connectivity index (χ2n) is 24.4. The van der Waals surface area contributed by atoms with E-state index in [0.717, 1.165) is 29.5 Å². The maximum atomic E-state index is 3.28. The summed E-state index contributed by atoms with van der Waals surface area (Å²) in [5.74, 6) is 5.28. The molecule has 11 rings (SSSR count). The van der Waals surface area contributed by atoms with Gasteiger partial charge in [0.25, 0.3) is 0 Å². The van der Waals surface area contributed by atoms with Crippen LogP contribution >= 0.6 is 11.8 Å². The lowest BCUT2D eigenvalue weighted by atomic mass is 9.24. The van der Waals surface area contributed by atoms with Gasteiger partial charge in [-0.3, -0.25) is 0 Å². The van der Waals surface area contributed by atoms with Gasteiger partial charge in [-0.1, -0.05) is 122 Å². The van der Waals surface area contributed by atoms with Crippen molar-refractivity contribution in [1.82, 2.24) is 9.80 Å². The molecule has 0 N–H and O–H groups in total. The standard InChI is InChI=1S/C53H77BN2S/c1-50(2,3)35-24-25-42-40(31-35)54-41-32-36(51(4,5)6)30-39-48(41)56(52(7,8)53(39)26-15-10-16-27-53)45-29-34(33-18-11-9-12-19-33)28-44(47(45)54)55(42)43-22-17-21-38-37-20-13-14-23-46(37)57-49(38)43/h14,22-23,29,31,33-37,39,41-42,46,48H,9-13,15-21,24-28,30,32H2,1-8H3. The first-order valence-electron chi connectivity index (χ1n) is 24.8. The van der Waals surface area contributed by atoms with Crippen LogP contribution in [0.4, 0.5) is 0 Å². The summed E-state index contributed by atoms with van der Waals surface area (Å²) in [4.78, 5) is 8.16. The summed E-state index contributed by atoms with van der Waals surface area (Å²) >= 11 is 2.28. The Kier molecular flexibility index (Phi) is 9.07. The Hall–Kier alpha value is -1.55. The lowest BCUT2D eigenvalue weighted by Gasteiger charge is -2.61. The Morgan fingerprint density at radius 3 is 2.33 bits per heavy atom. The maximum Gasteiger partial charge on any atom is 0.216 e. The molecule has 0 aromatic carbocycles. The van der Waals surface area contributed by atoms with Gasteiger partial charge in [-0.25, -0.2) is 0 Å². The van der Waals surface area contributed by atoms with Crippen molar-refractivity contribution in [1.29, 1.82) is 0 Å². The van der Waals surface area contributed by atoms with Crippen LogP contribution in [0.1, 0.15) is 177 Å². The van der Waals surface area contributed by atoms with E-state index in [1.807, 2.05) is 22.2 Å². The summed E-state index contributed by atoms with van der Waals surface area (Å²) in [6.45, 7) is 21.7. The summed E-state index contributed by atoms with van der Waals surface area (Å²) in [6, 6.07) is 1.21. The molecule has 11 aliphatic rings. The summed E-state index contributed by atoms with van der Waals surface area (Å²) in [5.41, 5.74) is 12.1. The third-order valence-electron chi connectivity index (χ3n) is 19.6. The largest absolute Gasteiger partial charge is 0.364 e. The molecule has 0 aromatic rings. The van der Waals surface area contributed by atoms with Gasteiger partial charge in [0.15, 0.2) is 0 Å². The van der Waals surface area contributed by atoms with Crippen LogP contribution in [0.5, 0.6) is 0 Å². The summed E-state index contributed by atoms with van der Waals surface area (Å²) in [5, 5.41) is 0.657. The molecule has 0 aromatic heterocycles. The van der Waals surface area contributed by atoms with Crippen LogP contribution in [0, 0.1) is 51.8 Å². The van der Waals surface area contributed by atoms with Gasteiger partial charge >= 0.3 is 0 Å². The fraction of sp³-hybridized carbons (Fsp3) is 0.774. The Morgan fingerprint density at radius 2 is 1.58 bits per heavy atom. The molecule has 0 bridgehead atoms. The number of thioether (sulfide) groups is 1. The molecule has 2 saturated heterocycles. The molecule has 9 unspecified atom stereocenters. The van der Waals surface area contributed by atoms with E-state index in [1.165, 1.54) is 122 Å². The highest BCUT2D eigenvalue weighted by molar-refractivity contribution is 8.04. The zero-order chi connectivity index (χ0) is 39.2. The summed E-state index contributed by atoms with van der Waals surface area (Å²) in [7, 11) is 0. The summed E-state index contributed by atoms with van der Waals surface area (Å²) < 4.78 is 0. The first kappa shape index (κ1) is 38.4. The molecule has 9 atom stereocenters. The second-order valence-corrected chi connectivity index (χ2v) is 25.6. The predicted molar refractivity (Wildman–Crippen MR) is 244 cm³/mol. The molecule has 7 aliphatic carbocycles. The monoisotopic (exact) mass is 785 g/mol. The molecule has 5 fully saturated rings. The maximum absolute atomic E-state index is 3.28. The SMILES string of the molecule is CC(C)(C)C1C=C2B3C4=C(CC(C5CCCCC5)C=C4N4C5C3CC(C(C)(C)C)CC5C3(CCCCC3)C4(C)C)N(C3=CCCC4=C3SC3C=CCCC43)C2CC1. The van der Waals surface area contributed by atoms with Crippen LogP contribution in [0.2, 0.25) is 5.82 Å². The highest BCUT2D eigenvalue weighted by atomic mass is 32.2. The quantitative estimate of drug-likeness (QED) is 0.203. The van der Waals surface area contributed by atoms with E-state index in [1.54, 1.807) is 16.3 Å². The molecule has 0 radical (unpaired) electrons. The van der Waals surface area contributed by atoms with E-state index in [9.17, 15) is 0 Å². The minimum atomic E-state index is 0.177. The van der Waals surface area contributed by atoms with Crippen molar-refractivity contribution >= 4 is 18.5 Å². The molecule has 4 aliphatic heterocycles. The molecule has 308 valence electrons. The number of hydrogen-bond donors (Lipinski definition) is 0. The Morgan fingerprint density at radius 1 is 0.807 bits per heavy atom. The van der Waals surface area contributed by atoms with Crippen LogP contribution in [-0.4, -0.2) is 39.4 Å². The van der Waals surface area contributed by atoms with Crippen molar-refractivity contribution in [3.63, 3.8) is 0 Å². The normalized spacial score (nSPS) is 39.6. The predicted octanol–water partition coefficient (Wildman–Crippen LogP) is 14.2. The third-order valence-corrected chi connectivity index (χ3v) is 21.1.